The number of rotatable bonds is 4. The van der Waals surface area contributed by atoms with E-state index in [0.717, 1.165) is 0 Å². The molecule has 1 aromatic carbocycles. The van der Waals surface area contributed by atoms with Gasteiger partial charge in [-0.15, -0.1) is 6.58 Å². The van der Waals surface area contributed by atoms with Gasteiger partial charge < -0.3 is 4.90 Å². The van der Waals surface area contributed by atoms with Crippen molar-refractivity contribution < 1.29 is 17.6 Å². The maximum Gasteiger partial charge on any atom is 0.252 e. The van der Waals surface area contributed by atoms with Crippen LogP contribution in [-0.2, 0) is 21.1 Å². The molecule has 0 bridgehead atoms. The van der Waals surface area contributed by atoms with Crippen LogP contribution in [0.15, 0.2) is 41.9 Å². The number of halogens is 1. The third-order valence-corrected chi connectivity index (χ3v) is 7.24. The lowest BCUT2D eigenvalue weighted by atomic mass is 10.1. The fourth-order valence-electron chi connectivity index (χ4n) is 2.91. The van der Waals surface area contributed by atoms with Crippen LogP contribution in [-0.4, -0.2) is 53.7 Å². The molecular weight excluding hydrogens is 351 g/mol. The Morgan fingerprint density at radius 2 is 2.08 bits per heavy atom. The summed E-state index contributed by atoms with van der Waals surface area (Å²) >= 11 is 1.34. The average Bonchev–Trinajstić information content (AvgIpc) is 2.95. The molecular formula is C16H17FN2O3S2. The lowest BCUT2D eigenvalue weighted by Crippen LogP contribution is -2.37. The van der Waals surface area contributed by atoms with Gasteiger partial charge in [-0.2, -0.15) is 4.99 Å². The van der Waals surface area contributed by atoms with Crippen LogP contribution >= 0.6 is 11.8 Å². The summed E-state index contributed by atoms with van der Waals surface area (Å²) in [5, 5.41) is 0.458. The molecule has 0 aromatic heterocycles. The molecule has 8 heteroatoms. The highest BCUT2D eigenvalue weighted by Gasteiger charge is 2.48. The van der Waals surface area contributed by atoms with E-state index < -0.39 is 9.84 Å². The van der Waals surface area contributed by atoms with E-state index >= 15 is 0 Å². The number of thioether (sulfide) groups is 1. The molecule has 2 fully saturated rings. The van der Waals surface area contributed by atoms with Crippen LogP contribution in [0.2, 0.25) is 0 Å². The molecule has 128 valence electrons. The summed E-state index contributed by atoms with van der Waals surface area (Å²) in [6.45, 7) is 4.14. The summed E-state index contributed by atoms with van der Waals surface area (Å²) in [4.78, 5) is 18.2. The Morgan fingerprint density at radius 3 is 2.75 bits per heavy atom. The molecule has 2 aliphatic rings. The van der Waals surface area contributed by atoms with E-state index in [-0.39, 0.29) is 40.9 Å². The zero-order chi connectivity index (χ0) is 17.3. The van der Waals surface area contributed by atoms with Gasteiger partial charge in [-0.25, -0.2) is 12.8 Å². The van der Waals surface area contributed by atoms with Crippen molar-refractivity contribution in [3.8, 4) is 0 Å². The minimum absolute atomic E-state index is 0.0832. The molecule has 0 N–H and O–H groups in total. The third kappa shape index (κ3) is 3.70. The molecule has 3 rings (SSSR count). The van der Waals surface area contributed by atoms with Crippen LogP contribution in [0.25, 0.3) is 0 Å². The fourth-order valence-corrected chi connectivity index (χ4v) is 6.89. The first-order valence-corrected chi connectivity index (χ1v) is 10.2. The molecule has 2 heterocycles. The SMILES string of the molecule is C=CCN1C(=NC(=O)Cc2ccc(F)cc2)S[C@H]2CS(=O)(=O)C[C@H]21. The molecule has 5 nitrogen and oxygen atoms in total. The van der Waals surface area contributed by atoms with Crippen LogP contribution in [0.4, 0.5) is 4.39 Å². The average molecular weight is 368 g/mol. The van der Waals surface area contributed by atoms with Crippen LogP contribution in [0.5, 0.6) is 0 Å². The minimum atomic E-state index is -3.03. The summed E-state index contributed by atoms with van der Waals surface area (Å²) in [6.07, 6.45) is 1.76. The summed E-state index contributed by atoms with van der Waals surface area (Å²) in [5.41, 5.74) is 0.687. The fraction of sp³-hybridized carbons (Fsp3) is 0.375. The second-order valence-electron chi connectivity index (χ2n) is 5.83. The van der Waals surface area contributed by atoms with Gasteiger partial charge in [-0.05, 0) is 17.7 Å². The summed E-state index contributed by atoms with van der Waals surface area (Å²) < 4.78 is 36.5. The Bertz CT molecular complexity index is 790. The van der Waals surface area contributed by atoms with Crippen molar-refractivity contribution in [3.05, 3.63) is 48.3 Å². The molecule has 24 heavy (non-hydrogen) atoms. The van der Waals surface area contributed by atoms with E-state index in [0.29, 0.717) is 17.3 Å². The lowest BCUT2D eigenvalue weighted by molar-refractivity contribution is -0.117. The molecule has 0 radical (unpaired) electrons. The molecule has 0 unspecified atom stereocenters. The van der Waals surface area contributed by atoms with Crippen LogP contribution in [0, 0.1) is 5.82 Å². The van der Waals surface area contributed by atoms with Gasteiger partial charge in [0, 0.05) is 11.8 Å². The number of benzene rings is 1. The van der Waals surface area contributed by atoms with Gasteiger partial charge in [-0.1, -0.05) is 30.0 Å². The van der Waals surface area contributed by atoms with Gasteiger partial charge in [0.25, 0.3) is 5.91 Å². The van der Waals surface area contributed by atoms with Gasteiger partial charge in [-0.3, -0.25) is 4.79 Å². The zero-order valence-electron chi connectivity index (χ0n) is 12.9. The van der Waals surface area contributed by atoms with E-state index in [9.17, 15) is 17.6 Å². The van der Waals surface area contributed by atoms with Gasteiger partial charge >= 0.3 is 0 Å². The predicted molar refractivity (Wildman–Crippen MR) is 93.3 cm³/mol. The first-order chi connectivity index (χ1) is 11.4. The first-order valence-electron chi connectivity index (χ1n) is 7.48. The van der Waals surface area contributed by atoms with E-state index in [1.165, 1.54) is 23.9 Å². The Hall–Kier alpha value is -1.67. The first kappa shape index (κ1) is 17.2. The summed E-state index contributed by atoms with van der Waals surface area (Å²) in [6, 6.07) is 5.56. The number of aliphatic imine (C=N–C) groups is 1. The Morgan fingerprint density at radius 1 is 1.38 bits per heavy atom. The molecule has 2 atom stereocenters. The van der Waals surface area contributed by atoms with Crippen LogP contribution in [0.3, 0.4) is 0 Å². The number of amidine groups is 1. The molecule has 1 aromatic rings. The Kier molecular flexibility index (Phi) is 4.78. The highest BCUT2D eigenvalue weighted by molar-refractivity contribution is 8.15. The van der Waals surface area contributed by atoms with Crippen molar-refractivity contribution in [2.45, 2.75) is 17.7 Å². The third-order valence-electron chi connectivity index (χ3n) is 3.99. The van der Waals surface area contributed by atoms with Gasteiger partial charge in [0.05, 0.1) is 24.0 Å². The number of carbonyl (C=O) groups is 1. The van der Waals surface area contributed by atoms with Gasteiger partial charge in [0.15, 0.2) is 15.0 Å². The molecule has 1 amide bonds. The Labute approximate surface area is 144 Å². The number of amides is 1. The number of nitrogens with zero attached hydrogens (tertiary/aromatic N) is 2. The normalized spacial score (nSPS) is 26.5. The van der Waals surface area contributed by atoms with Crippen molar-refractivity contribution in [1.82, 2.24) is 4.90 Å². The van der Waals surface area contributed by atoms with Crippen LogP contribution < -0.4 is 0 Å². The smallest absolute Gasteiger partial charge is 0.252 e. The highest BCUT2D eigenvalue weighted by Crippen LogP contribution is 2.38. The number of fused-ring (bicyclic) bond motifs is 1. The van der Waals surface area contributed by atoms with Gasteiger partial charge in [0.1, 0.15) is 5.82 Å². The largest absolute Gasteiger partial charge is 0.342 e. The van der Waals surface area contributed by atoms with Crippen molar-refractivity contribution >= 4 is 32.7 Å². The monoisotopic (exact) mass is 368 g/mol. The van der Waals surface area contributed by atoms with Crippen molar-refractivity contribution in [3.63, 3.8) is 0 Å². The molecule has 2 saturated heterocycles. The second kappa shape index (κ2) is 6.68. The van der Waals surface area contributed by atoms with Crippen molar-refractivity contribution in [1.29, 1.82) is 0 Å². The van der Waals surface area contributed by atoms with Crippen LogP contribution in [0.1, 0.15) is 5.56 Å². The number of hydrogen-bond donors (Lipinski definition) is 0. The molecule has 2 aliphatic heterocycles. The van der Waals surface area contributed by atoms with Crippen molar-refractivity contribution in [2.75, 3.05) is 18.1 Å². The van der Waals surface area contributed by atoms with E-state index in [1.807, 2.05) is 4.90 Å². The predicted octanol–water partition coefficient (Wildman–Crippen LogP) is 1.65. The maximum atomic E-state index is 12.9. The molecule has 0 saturated carbocycles. The van der Waals surface area contributed by atoms with E-state index in [4.69, 9.17) is 0 Å². The maximum absolute atomic E-state index is 12.9. The number of sulfone groups is 1. The van der Waals surface area contributed by atoms with E-state index in [1.54, 1.807) is 18.2 Å². The topological polar surface area (TPSA) is 66.8 Å². The summed E-state index contributed by atoms with van der Waals surface area (Å²) in [5.74, 6) is -0.485. The Balaban J connectivity index is 1.75. The standard InChI is InChI=1S/C16H17FN2O3S2/c1-2-7-19-13-9-24(21,22)10-14(13)23-16(19)18-15(20)8-11-3-5-12(17)6-4-11/h2-6,13-14H,1,7-10H2/t13-,14+/m1/s1. The van der Waals surface area contributed by atoms with Crippen molar-refractivity contribution in [2.24, 2.45) is 4.99 Å². The molecule has 0 spiro atoms. The highest BCUT2D eigenvalue weighted by atomic mass is 32.2. The second-order valence-corrected chi connectivity index (χ2v) is 9.19. The van der Waals surface area contributed by atoms with Gasteiger partial charge in [0.2, 0.25) is 0 Å². The lowest BCUT2D eigenvalue weighted by Gasteiger charge is -2.22. The zero-order valence-corrected chi connectivity index (χ0v) is 14.5. The quantitative estimate of drug-likeness (QED) is 0.756. The van der Waals surface area contributed by atoms with E-state index in [2.05, 4.69) is 11.6 Å². The minimum Gasteiger partial charge on any atom is -0.342 e. The number of carbonyl (C=O) groups excluding carboxylic acids is 1. The summed E-state index contributed by atoms with van der Waals surface area (Å²) in [7, 11) is -3.03. The molecule has 0 aliphatic carbocycles. The number of hydrogen-bond acceptors (Lipinski definition) is 4.